The van der Waals surface area contributed by atoms with E-state index in [-0.39, 0.29) is 18.1 Å². The molecule has 1 aromatic heterocycles. The van der Waals surface area contributed by atoms with Gasteiger partial charge in [0.05, 0.1) is 12.2 Å². The van der Waals surface area contributed by atoms with Crippen LogP contribution in [0.5, 0.6) is 0 Å². The van der Waals surface area contributed by atoms with Crippen molar-refractivity contribution in [2.75, 3.05) is 11.9 Å². The maximum absolute atomic E-state index is 12.2. The molecule has 0 saturated heterocycles. The fourth-order valence-electron chi connectivity index (χ4n) is 2.45. The molecular formula is C21H22N2O3S. The zero-order valence-electron chi connectivity index (χ0n) is 15.8. The first kappa shape index (κ1) is 20.4. The van der Waals surface area contributed by atoms with Crippen LogP contribution in [0.2, 0.25) is 0 Å². The molecule has 2 aromatic rings. The van der Waals surface area contributed by atoms with E-state index in [1.165, 1.54) is 11.6 Å². The molecule has 0 spiro atoms. The first-order chi connectivity index (χ1) is 12.9. The van der Waals surface area contributed by atoms with Gasteiger partial charge in [0.1, 0.15) is 15.9 Å². The van der Waals surface area contributed by atoms with E-state index in [4.69, 9.17) is 4.74 Å². The molecule has 27 heavy (non-hydrogen) atoms. The molecule has 0 aliphatic rings. The summed E-state index contributed by atoms with van der Waals surface area (Å²) in [6, 6.07) is 10.0. The van der Waals surface area contributed by atoms with E-state index in [0.29, 0.717) is 21.4 Å². The third kappa shape index (κ3) is 5.05. The first-order valence-corrected chi connectivity index (χ1v) is 9.48. The van der Waals surface area contributed by atoms with Crippen LogP contribution in [-0.4, -0.2) is 18.5 Å². The quantitative estimate of drug-likeness (QED) is 0.570. The van der Waals surface area contributed by atoms with Crippen molar-refractivity contribution in [2.24, 2.45) is 0 Å². The second-order valence-corrected chi connectivity index (χ2v) is 7.26. The van der Waals surface area contributed by atoms with Gasteiger partial charge < -0.3 is 10.1 Å². The van der Waals surface area contributed by atoms with Crippen LogP contribution < -0.4 is 5.32 Å². The second-order valence-electron chi connectivity index (χ2n) is 6.24. The van der Waals surface area contributed by atoms with E-state index in [1.807, 2.05) is 30.3 Å². The number of hydrogen-bond acceptors (Lipinski definition) is 5. The Morgan fingerprint density at radius 3 is 2.52 bits per heavy atom. The highest BCUT2D eigenvalue weighted by Gasteiger charge is 2.21. The number of hydrogen-bond donors (Lipinski definition) is 1. The zero-order valence-corrected chi connectivity index (χ0v) is 16.6. The molecule has 0 bridgehead atoms. The van der Waals surface area contributed by atoms with Gasteiger partial charge in [0.15, 0.2) is 0 Å². The number of nitriles is 1. The molecule has 5 nitrogen and oxygen atoms in total. The molecule has 0 fully saturated rings. The Morgan fingerprint density at radius 1 is 1.30 bits per heavy atom. The molecule has 0 aliphatic carbocycles. The fraction of sp³-hybridized carbons (Fsp3) is 0.286. The number of rotatable bonds is 6. The number of esters is 1. The van der Waals surface area contributed by atoms with Gasteiger partial charge in [0.25, 0.3) is 0 Å². The Morgan fingerprint density at radius 2 is 1.96 bits per heavy atom. The summed E-state index contributed by atoms with van der Waals surface area (Å²) in [5.41, 5.74) is 2.94. The number of amides is 1. The topological polar surface area (TPSA) is 79.2 Å². The van der Waals surface area contributed by atoms with Crippen LogP contribution in [-0.2, 0) is 9.53 Å². The standard InChI is InChI=1S/C21H22N2O3S/c1-5-26-21(25)19-14(4)17(12-22)20(27-19)23-18(24)11-8-15-6-9-16(10-7-15)13(2)3/h6-11,13H,5H2,1-4H3,(H,23,24)/b11-8-. The molecule has 1 amide bonds. The predicted octanol–water partition coefficient (Wildman–Crippen LogP) is 4.88. The third-order valence-corrected chi connectivity index (χ3v) is 5.17. The third-order valence-electron chi connectivity index (χ3n) is 3.99. The van der Waals surface area contributed by atoms with E-state index in [2.05, 4.69) is 19.2 Å². The lowest BCUT2D eigenvalue weighted by atomic mass is 10.0. The highest BCUT2D eigenvalue weighted by Crippen LogP contribution is 2.33. The van der Waals surface area contributed by atoms with Crippen molar-refractivity contribution in [3.8, 4) is 6.07 Å². The Kier molecular flexibility index (Phi) is 6.91. The van der Waals surface area contributed by atoms with E-state index < -0.39 is 5.97 Å². The van der Waals surface area contributed by atoms with Crippen molar-refractivity contribution in [3.63, 3.8) is 0 Å². The number of carbonyl (C=O) groups is 2. The number of anilines is 1. The summed E-state index contributed by atoms with van der Waals surface area (Å²) >= 11 is 1.05. The lowest BCUT2D eigenvalue weighted by Gasteiger charge is -2.04. The monoisotopic (exact) mass is 382 g/mol. The Labute approximate surface area is 163 Å². The maximum atomic E-state index is 12.2. The Bertz CT molecular complexity index is 903. The average Bonchev–Trinajstić information content (AvgIpc) is 2.95. The van der Waals surface area contributed by atoms with Crippen molar-refractivity contribution < 1.29 is 14.3 Å². The minimum Gasteiger partial charge on any atom is -0.462 e. The molecule has 1 N–H and O–H groups in total. The van der Waals surface area contributed by atoms with Gasteiger partial charge >= 0.3 is 5.97 Å². The summed E-state index contributed by atoms with van der Waals surface area (Å²) in [5, 5.41) is 12.4. The van der Waals surface area contributed by atoms with Gasteiger partial charge in [0.2, 0.25) is 5.91 Å². The minimum atomic E-state index is -0.488. The van der Waals surface area contributed by atoms with E-state index in [1.54, 1.807) is 19.9 Å². The van der Waals surface area contributed by atoms with Crippen LogP contribution in [0.15, 0.2) is 30.3 Å². The molecule has 140 valence electrons. The number of carbonyl (C=O) groups excluding carboxylic acids is 2. The number of nitrogens with one attached hydrogen (secondary N) is 1. The molecule has 6 heteroatoms. The lowest BCUT2D eigenvalue weighted by Crippen LogP contribution is -2.07. The van der Waals surface area contributed by atoms with Crippen LogP contribution >= 0.6 is 11.3 Å². The van der Waals surface area contributed by atoms with Gasteiger partial charge in [0, 0.05) is 6.08 Å². The fourth-order valence-corrected chi connectivity index (χ4v) is 3.50. The average molecular weight is 382 g/mol. The number of ether oxygens (including phenoxy) is 1. The SMILES string of the molecule is CCOC(=O)c1sc(NC(=O)/C=C\c2ccc(C(C)C)cc2)c(C#N)c1C. The van der Waals surface area contributed by atoms with Gasteiger partial charge in [-0.15, -0.1) is 11.3 Å². The minimum absolute atomic E-state index is 0.248. The van der Waals surface area contributed by atoms with Crippen molar-refractivity contribution in [2.45, 2.75) is 33.6 Å². The van der Waals surface area contributed by atoms with Crippen LogP contribution in [0.25, 0.3) is 6.08 Å². The normalized spacial score (nSPS) is 10.8. The van der Waals surface area contributed by atoms with Gasteiger partial charge in [-0.25, -0.2) is 4.79 Å². The summed E-state index contributed by atoms with van der Waals surface area (Å²) in [6.45, 7) is 7.88. The highest BCUT2D eigenvalue weighted by atomic mass is 32.1. The maximum Gasteiger partial charge on any atom is 0.348 e. The van der Waals surface area contributed by atoms with Gasteiger partial charge in [-0.05, 0) is 42.5 Å². The second kappa shape index (κ2) is 9.15. The van der Waals surface area contributed by atoms with Crippen molar-refractivity contribution in [1.29, 1.82) is 5.26 Å². The molecule has 0 aliphatic heterocycles. The number of benzene rings is 1. The smallest absolute Gasteiger partial charge is 0.348 e. The van der Waals surface area contributed by atoms with Gasteiger partial charge in [-0.1, -0.05) is 38.1 Å². The molecule has 0 atom stereocenters. The number of nitrogens with zero attached hydrogens (tertiary/aromatic N) is 1. The van der Waals surface area contributed by atoms with E-state index in [0.717, 1.165) is 16.9 Å². The van der Waals surface area contributed by atoms with Crippen molar-refractivity contribution in [3.05, 3.63) is 57.5 Å². The predicted molar refractivity (Wildman–Crippen MR) is 108 cm³/mol. The highest BCUT2D eigenvalue weighted by molar-refractivity contribution is 7.18. The van der Waals surface area contributed by atoms with Gasteiger partial charge in [-0.2, -0.15) is 5.26 Å². The Balaban J connectivity index is 2.14. The molecule has 0 unspecified atom stereocenters. The first-order valence-electron chi connectivity index (χ1n) is 8.67. The van der Waals surface area contributed by atoms with E-state index in [9.17, 15) is 14.9 Å². The molecule has 1 heterocycles. The molecule has 0 radical (unpaired) electrons. The van der Waals surface area contributed by atoms with Gasteiger partial charge in [-0.3, -0.25) is 4.79 Å². The lowest BCUT2D eigenvalue weighted by molar-refractivity contribution is -0.111. The molecular weight excluding hydrogens is 360 g/mol. The Hall–Kier alpha value is -2.91. The molecule has 1 aromatic carbocycles. The van der Waals surface area contributed by atoms with Crippen LogP contribution in [0.4, 0.5) is 5.00 Å². The summed E-state index contributed by atoms with van der Waals surface area (Å²) in [7, 11) is 0. The number of thiophene rings is 1. The zero-order chi connectivity index (χ0) is 20.0. The summed E-state index contributed by atoms with van der Waals surface area (Å²) in [5.74, 6) is -0.403. The summed E-state index contributed by atoms with van der Waals surface area (Å²) in [6.07, 6.45) is 3.11. The van der Waals surface area contributed by atoms with Crippen molar-refractivity contribution in [1.82, 2.24) is 0 Å². The molecule has 2 rings (SSSR count). The largest absolute Gasteiger partial charge is 0.462 e. The summed E-state index contributed by atoms with van der Waals surface area (Å²) < 4.78 is 4.99. The molecule has 0 saturated carbocycles. The van der Waals surface area contributed by atoms with Crippen LogP contribution in [0.1, 0.15) is 58.6 Å². The van der Waals surface area contributed by atoms with Crippen LogP contribution in [0.3, 0.4) is 0 Å². The summed E-state index contributed by atoms with van der Waals surface area (Å²) in [4.78, 5) is 24.5. The van der Waals surface area contributed by atoms with Crippen LogP contribution in [0, 0.1) is 18.3 Å². The van der Waals surface area contributed by atoms with E-state index >= 15 is 0 Å². The van der Waals surface area contributed by atoms with Crippen molar-refractivity contribution >= 4 is 34.3 Å².